The predicted octanol–water partition coefficient (Wildman–Crippen LogP) is -2.83. The van der Waals surface area contributed by atoms with E-state index < -0.39 is 66.3 Å². The molecular formula is C17H31N5O7. The van der Waals surface area contributed by atoms with Gasteiger partial charge in [-0.05, 0) is 26.2 Å². The monoisotopic (exact) mass is 417 g/mol. The first-order chi connectivity index (χ1) is 13.3. The molecule has 0 saturated carbocycles. The molecule has 12 nitrogen and oxygen atoms in total. The summed E-state index contributed by atoms with van der Waals surface area (Å²) in [6.45, 7) is 6.15. The van der Waals surface area contributed by atoms with Gasteiger partial charge in [-0.1, -0.05) is 13.8 Å². The summed E-state index contributed by atoms with van der Waals surface area (Å²) >= 11 is 0. The molecule has 0 aliphatic carbocycles. The van der Waals surface area contributed by atoms with Crippen molar-refractivity contribution in [2.75, 3.05) is 0 Å². The van der Waals surface area contributed by atoms with Crippen molar-refractivity contribution in [2.45, 2.75) is 70.8 Å². The number of hydrogen-bond donors (Lipinski definition) is 7. The van der Waals surface area contributed by atoms with Crippen molar-refractivity contribution in [2.24, 2.45) is 17.4 Å². The van der Waals surface area contributed by atoms with E-state index in [9.17, 15) is 29.1 Å². The van der Waals surface area contributed by atoms with Gasteiger partial charge in [-0.2, -0.15) is 0 Å². The third kappa shape index (κ3) is 9.85. The Morgan fingerprint density at radius 3 is 1.86 bits per heavy atom. The van der Waals surface area contributed by atoms with Gasteiger partial charge in [0.1, 0.15) is 18.1 Å². The molecule has 0 rings (SSSR count). The standard InChI is InChI=1S/C17H31N5O7/c1-7(2)5-10(18)14(25)22-13(9(4)23)16(27)21-11(6-12(19)24)15(26)20-8(3)17(28)29/h7-11,13,23H,5-6,18H2,1-4H3,(H2,19,24)(H,20,26)(H,21,27)(H,22,25)(H,28,29). The minimum atomic E-state index is -1.50. The fourth-order valence-corrected chi connectivity index (χ4v) is 2.33. The maximum atomic E-state index is 12.5. The molecule has 5 atom stereocenters. The van der Waals surface area contributed by atoms with Crippen LogP contribution in [0.15, 0.2) is 0 Å². The minimum absolute atomic E-state index is 0.120. The molecule has 0 radical (unpaired) electrons. The molecular weight excluding hydrogens is 386 g/mol. The number of rotatable bonds is 12. The molecule has 0 aliphatic heterocycles. The molecule has 0 fully saturated rings. The van der Waals surface area contributed by atoms with Crippen LogP contribution in [0.1, 0.15) is 40.5 Å². The first kappa shape index (κ1) is 26.3. The Labute approximate surface area is 168 Å². The van der Waals surface area contributed by atoms with Crippen LogP contribution in [0, 0.1) is 5.92 Å². The van der Waals surface area contributed by atoms with Gasteiger partial charge in [-0.25, -0.2) is 0 Å². The smallest absolute Gasteiger partial charge is 0.325 e. The van der Waals surface area contributed by atoms with E-state index in [1.54, 1.807) is 0 Å². The summed E-state index contributed by atoms with van der Waals surface area (Å²) in [5, 5.41) is 25.3. The summed E-state index contributed by atoms with van der Waals surface area (Å²) in [7, 11) is 0. The van der Waals surface area contributed by atoms with E-state index in [4.69, 9.17) is 16.6 Å². The highest BCUT2D eigenvalue weighted by molar-refractivity contribution is 5.96. The largest absolute Gasteiger partial charge is 0.480 e. The first-order valence-corrected chi connectivity index (χ1v) is 9.12. The molecule has 0 aromatic rings. The summed E-state index contributed by atoms with van der Waals surface area (Å²) in [6.07, 6.45) is -1.61. The Morgan fingerprint density at radius 1 is 0.897 bits per heavy atom. The SMILES string of the molecule is CC(C)CC(N)C(=O)NC(C(=O)NC(CC(N)=O)C(=O)NC(C)C(=O)O)C(C)O. The molecule has 0 aromatic carbocycles. The Balaban J connectivity index is 5.28. The topological polar surface area (TPSA) is 214 Å². The number of carboxylic acid groups (broad SMARTS) is 1. The molecule has 9 N–H and O–H groups in total. The molecule has 166 valence electrons. The highest BCUT2D eigenvalue weighted by atomic mass is 16.4. The summed E-state index contributed by atoms with van der Waals surface area (Å²) in [6, 6.07) is -5.15. The lowest BCUT2D eigenvalue weighted by atomic mass is 10.0. The number of carbonyl (C=O) groups is 5. The van der Waals surface area contributed by atoms with Crippen LogP contribution in [-0.4, -0.2) is 70.1 Å². The lowest BCUT2D eigenvalue weighted by molar-refractivity contribution is -0.142. The number of aliphatic hydroxyl groups is 1. The highest BCUT2D eigenvalue weighted by Crippen LogP contribution is 2.04. The van der Waals surface area contributed by atoms with Gasteiger partial charge in [0.05, 0.1) is 18.6 Å². The molecule has 0 bridgehead atoms. The van der Waals surface area contributed by atoms with E-state index in [0.717, 1.165) is 0 Å². The van der Waals surface area contributed by atoms with E-state index in [1.807, 2.05) is 13.8 Å². The maximum absolute atomic E-state index is 12.5. The predicted molar refractivity (Wildman–Crippen MR) is 102 cm³/mol. The number of aliphatic hydroxyl groups excluding tert-OH is 1. The Bertz CT molecular complexity index is 623. The molecule has 0 heterocycles. The van der Waals surface area contributed by atoms with Gasteiger partial charge >= 0.3 is 5.97 Å². The van der Waals surface area contributed by atoms with Crippen LogP contribution in [-0.2, 0) is 24.0 Å². The van der Waals surface area contributed by atoms with Gasteiger partial charge in [0, 0.05) is 0 Å². The summed E-state index contributed by atoms with van der Waals surface area (Å²) in [5.41, 5.74) is 10.8. The van der Waals surface area contributed by atoms with Crippen LogP contribution in [0.3, 0.4) is 0 Å². The average molecular weight is 417 g/mol. The second-order valence-electron chi connectivity index (χ2n) is 7.26. The zero-order valence-corrected chi connectivity index (χ0v) is 17.0. The number of carbonyl (C=O) groups excluding carboxylic acids is 4. The number of amides is 4. The van der Waals surface area contributed by atoms with Crippen LogP contribution in [0.4, 0.5) is 0 Å². The lowest BCUT2D eigenvalue weighted by Crippen LogP contribution is -2.60. The number of nitrogens with one attached hydrogen (secondary N) is 3. The molecule has 5 unspecified atom stereocenters. The van der Waals surface area contributed by atoms with Gasteiger partial charge in [-0.3, -0.25) is 24.0 Å². The third-order valence-corrected chi connectivity index (χ3v) is 3.89. The van der Waals surface area contributed by atoms with Crippen LogP contribution >= 0.6 is 0 Å². The van der Waals surface area contributed by atoms with Gasteiger partial charge in [0.15, 0.2) is 0 Å². The van der Waals surface area contributed by atoms with Crippen molar-refractivity contribution in [3.63, 3.8) is 0 Å². The zero-order chi connectivity index (χ0) is 22.9. The van der Waals surface area contributed by atoms with Gasteiger partial charge in [0.2, 0.25) is 23.6 Å². The number of aliphatic carboxylic acids is 1. The minimum Gasteiger partial charge on any atom is -0.480 e. The highest BCUT2D eigenvalue weighted by Gasteiger charge is 2.32. The first-order valence-electron chi connectivity index (χ1n) is 9.12. The Morgan fingerprint density at radius 2 is 1.45 bits per heavy atom. The molecule has 0 aromatic heterocycles. The van der Waals surface area contributed by atoms with Crippen molar-refractivity contribution < 1.29 is 34.2 Å². The number of hydrogen-bond acceptors (Lipinski definition) is 7. The van der Waals surface area contributed by atoms with Crippen molar-refractivity contribution in [3.05, 3.63) is 0 Å². The number of carboxylic acids is 1. The quantitative estimate of drug-likeness (QED) is 0.175. The average Bonchev–Trinajstić information content (AvgIpc) is 2.56. The van der Waals surface area contributed by atoms with Crippen molar-refractivity contribution >= 4 is 29.6 Å². The summed E-state index contributed by atoms with van der Waals surface area (Å²) < 4.78 is 0. The van der Waals surface area contributed by atoms with Crippen molar-refractivity contribution in [1.29, 1.82) is 0 Å². The van der Waals surface area contributed by atoms with Gasteiger partial charge in [0.25, 0.3) is 0 Å². The van der Waals surface area contributed by atoms with E-state index in [0.29, 0.717) is 6.42 Å². The van der Waals surface area contributed by atoms with Crippen LogP contribution in [0.25, 0.3) is 0 Å². The molecule has 4 amide bonds. The fraction of sp³-hybridized carbons (Fsp3) is 0.706. The second kappa shape index (κ2) is 12.0. The van der Waals surface area contributed by atoms with Gasteiger partial charge < -0.3 is 37.6 Å². The Hall–Kier alpha value is -2.73. The summed E-state index contributed by atoms with van der Waals surface area (Å²) in [5.74, 6) is -4.72. The molecule has 12 heteroatoms. The van der Waals surface area contributed by atoms with Crippen LogP contribution < -0.4 is 27.4 Å². The van der Waals surface area contributed by atoms with E-state index >= 15 is 0 Å². The third-order valence-electron chi connectivity index (χ3n) is 3.89. The normalized spacial score (nSPS) is 16.1. The van der Waals surface area contributed by atoms with E-state index in [2.05, 4.69) is 16.0 Å². The zero-order valence-electron chi connectivity index (χ0n) is 17.0. The van der Waals surface area contributed by atoms with Crippen LogP contribution in [0.2, 0.25) is 0 Å². The van der Waals surface area contributed by atoms with E-state index in [1.165, 1.54) is 13.8 Å². The summed E-state index contributed by atoms with van der Waals surface area (Å²) in [4.78, 5) is 59.0. The van der Waals surface area contributed by atoms with Crippen molar-refractivity contribution in [3.8, 4) is 0 Å². The van der Waals surface area contributed by atoms with Crippen molar-refractivity contribution in [1.82, 2.24) is 16.0 Å². The number of primary amides is 1. The second-order valence-corrected chi connectivity index (χ2v) is 7.26. The van der Waals surface area contributed by atoms with E-state index in [-0.39, 0.29) is 5.92 Å². The maximum Gasteiger partial charge on any atom is 0.325 e. The van der Waals surface area contributed by atoms with Crippen LogP contribution in [0.5, 0.6) is 0 Å². The Kier molecular flexibility index (Phi) is 10.8. The molecule has 0 spiro atoms. The molecule has 0 aliphatic rings. The number of nitrogens with two attached hydrogens (primary N) is 2. The molecule has 29 heavy (non-hydrogen) atoms. The molecule has 0 saturated heterocycles. The lowest BCUT2D eigenvalue weighted by Gasteiger charge is -2.26. The van der Waals surface area contributed by atoms with Gasteiger partial charge in [-0.15, -0.1) is 0 Å². The fourth-order valence-electron chi connectivity index (χ4n) is 2.33.